The second kappa shape index (κ2) is 5.23. The zero-order valence-electron chi connectivity index (χ0n) is 11.9. The van der Waals surface area contributed by atoms with E-state index >= 15 is 0 Å². The monoisotopic (exact) mass is 260 g/mol. The number of benzene rings is 1. The SMILES string of the molecule is CN1CCCC(N(C)C2Cc3ccccc3C2O)C1. The molecule has 2 aliphatic rings. The highest BCUT2D eigenvalue weighted by molar-refractivity contribution is 5.35. The molecule has 19 heavy (non-hydrogen) atoms. The summed E-state index contributed by atoms with van der Waals surface area (Å²) in [5, 5.41) is 10.6. The molecule has 0 saturated carbocycles. The molecule has 3 heteroatoms. The number of aliphatic hydroxyl groups excluding tert-OH is 1. The normalized spacial score (nSPS) is 31.7. The summed E-state index contributed by atoms with van der Waals surface area (Å²) < 4.78 is 0. The first-order valence-electron chi connectivity index (χ1n) is 7.33. The molecular weight excluding hydrogens is 236 g/mol. The van der Waals surface area contributed by atoms with E-state index in [-0.39, 0.29) is 12.1 Å². The molecule has 1 saturated heterocycles. The third-order valence-corrected chi connectivity index (χ3v) is 4.87. The van der Waals surface area contributed by atoms with Crippen LogP contribution in [0.2, 0.25) is 0 Å². The number of piperidine rings is 1. The van der Waals surface area contributed by atoms with Gasteiger partial charge in [-0.2, -0.15) is 0 Å². The first kappa shape index (κ1) is 13.1. The van der Waals surface area contributed by atoms with Crippen molar-refractivity contribution in [1.29, 1.82) is 0 Å². The number of nitrogens with zero attached hydrogens (tertiary/aromatic N) is 2. The average Bonchev–Trinajstić information content (AvgIpc) is 2.76. The minimum atomic E-state index is -0.326. The van der Waals surface area contributed by atoms with Crippen LogP contribution in [0, 0.1) is 0 Å². The van der Waals surface area contributed by atoms with Crippen molar-refractivity contribution in [1.82, 2.24) is 9.80 Å². The third kappa shape index (κ3) is 2.42. The molecule has 0 spiro atoms. The number of hydrogen-bond acceptors (Lipinski definition) is 3. The molecule has 1 aromatic rings. The Bertz CT molecular complexity index is 448. The Morgan fingerprint density at radius 1 is 1.32 bits per heavy atom. The van der Waals surface area contributed by atoms with Crippen LogP contribution in [0.1, 0.15) is 30.1 Å². The first-order valence-corrected chi connectivity index (χ1v) is 7.33. The van der Waals surface area contributed by atoms with Crippen molar-refractivity contribution in [3.8, 4) is 0 Å². The van der Waals surface area contributed by atoms with Crippen LogP contribution >= 0.6 is 0 Å². The van der Waals surface area contributed by atoms with E-state index in [1.807, 2.05) is 6.07 Å². The van der Waals surface area contributed by atoms with Crippen molar-refractivity contribution in [3.05, 3.63) is 35.4 Å². The highest BCUT2D eigenvalue weighted by atomic mass is 16.3. The number of likely N-dealkylation sites (tertiary alicyclic amines) is 1. The Balaban J connectivity index is 1.74. The molecule has 104 valence electrons. The molecule has 0 aromatic heterocycles. The fraction of sp³-hybridized carbons (Fsp3) is 0.625. The average molecular weight is 260 g/mol. The van der Waals surface area contributed by atoms with Gasteiger partial charge in [0.05, 0.1) is 6.10 Å². The molecule has 1 heterocycles. The third-order valence-electron chi connectivity index (χ3n) is 4.87. The van der Waals surface area contributed by atoms with Crippen LogP contribution in [-0.2, 0) is 6.42 Å². The molecule has 3 atom stereocenters. The molecule has 1 aromatic carbocycles. The molecule has 3 nitrogen and oxygen atoms in total. The highest BCUT2D eigenvalue weighted by Gasteiger charge is 2.36. The molecule has 3 rings (SSSR count). The lowest BCUT2D eigenvalue weighted by Crippen LogP contribution is -2.50. The van der Waals surface area contributed by atoms with E-state index in [0.717, 1.165) is 18.5 Å². The summed E-state index contributed by atoms with van der Waals surface area (Å²) in [6, 6.07) is 9.14. The quantitative estimate of drug-likeness (QED) is 0.876. The Labute approximate surface area is 115 Å². The topological polar surface area (TPSA) is 26.7 Å². The number of hydrogen-bond donors (Lipinski definition) is 1. The van der Waals surface area contributed by atoms with Gasteiger partial charge in [0, 0.05) is 18.6 Å². The van der Waals surface area contributed by atoms with Gasteiger partial charge in [0.2, 0.25) is 0 Å². The Morgan fingerprint density at radius 3 is 2.84 bits per heavy atom. The maximum atomic E-state index is 10.6. The molecule has 1 aliphatic heterocycles. The van der Waals surface area contributed by atoms with Crippen LogP contribution in [-0.4, -0.2) is 54.2 Å². The minimum absolute atomic E-state index is 0.244. The van der Waals surface area contributed by atoms with Crippen LogP contribution in [0.5, 0.6) is 0 Å². The van der Waals surface area contributed by atoms with E-state index in [9.17, 15) is 5.11 Å². The number of likely N-dealkylation sites (N-methyl/N-ethyl adjacent to an activating group) is 2. The van der Waals surface area contributed by atoms with E-state index in [4.69, 9.17) is 0 Å². The van der Waals surface area contributed by atoms with Gasteiger partial charge >= 0.3 is 0 Å². The number of rotatable bonds is 2. The van der Waals surface area contributed by atoms with Crippen molar-refractivity contribution in [2.45, 2.75) is 37.5 Å². The molecule has 1 fully saturated rings. The zero-order valence-corrected chi connectivity index (χ0v) is 11.9. The van der Waals surface area contributed by atoms with Gasteiger partial charge in [-0.3, -0.25) is 4.90 Å². The Hall–Kier alpha value is -0.900. The second-order valence-electron chi connectivity index (χ2n) is 6.14. The van der Waals surface area contributed by atoms with Crippen LogP contribution in [0.25, 0.3) is 0 Å². The molecule has 1 aliphatic carbocycles. The van der Waals surface area contributed by atoms with Crippen molar-refractivity contribution in [2.75, 3.05) is 27.2 Å². The predicted molar refractivity (Wildman–Crippen MR) is 77.2 cm³/mol. The van der Waals surface area contributed by atoms with Crippen molar-refractivity contribution >= 4 is 0 Å². The van der Waals surface area contributed by atoms with Gasteiger partial charge < -0.3 is 10.0 Å². The summed E-state index contributed by atoms with van der Waals surface area (Å²) in [5.74, 6) is 0. The molecule has 0 bridgehead atoms. The molecule has 3 unspecified atom stereocenters. The van der Waals surface area contributed by atoms with Crippen LogP contribution in [0.4, 0.5) is 0 Å². The van der Waals surface area contributed by atoms with Crippen LogP contribution < -0.4 is 0 Å². The predicted octanol–water partition coefficient (Wildman–Crippen LogP) is 1.67. The fourth-order valence-electron chi connectivity index (χ4n) is 3.66. The standard InChI is InChI=1S/C16H24N2O/c1-17-9-5-7-13(11-17)18(2)15-10-12-6-3-4-8-14(12)16(15)19/h3-4,6,8,13,15-16,19H,5,7,9-11H2,1-2H3. The first-order chi connectivity index (χ1) is 9.16. The summed E-state index contributed by atoms with van der Waals surface area (Å²) in [5.41, 5.74) is 2.44. The maximum Gasteiger partial charge on any atom is 0.0951 e. The van der Waals surface area contributed by atoms with Gasteiger partial charge in [-0.15, -0.1) is 0 Å². The Morgan fingerprint density at radius 2 is 2.11 bits per heavy atom. The minimum Gasteiger partial charge on any atom is -0.387 e. The van der Waals surface area contributed by atoms with E-state index in [1.54, 1.807) is 0 Å². The molecule has 0 amide bonds. The zero-order chi connectivity index (χ0) is 13.4. The van der Waals surface area contributed by atoms with E-state index in [0.29, 0.717) is 6.04 Å². The van der Waals surface area contributed by atoms with Crippen molar-refractivity contribution in [3.63, 3.8) is 0 Å². The van der Waals surface area contributed by atoms with E-state index < -0.39 is 0 Å². The number of fused-ring (bicyclic) bond motifs is 1. The highest BCUT2D eigenvalue weighted by Crippen LogP contribution is 2.35. The van der Waals surface area contributed by atoms with Gasteiger partial charge in [0.1, 0.15) is 0 Å². The van der Waals surface area contributed by atoms with Gasteiger partial charge in [-0.25, -0.2) is 0 Å². The number of aliphatic hydroxyl groups is 1. The lowest BCUT2D eigenvalue weighted by atomic mass is 10.0. The van der Waals surface area contributed by atoms with E-state index in [2.05, 4.69) is 42.1 Å². The Kier molecular flexibility index (Phi) is 3.61. The lowest BCUT2D eigenvalue weighted by molar-refractivity contribution is 0.0290. The molecular formula is C16H24N2O. The largest absolute Gasteiger partial charge is 0.387 e. The van der Waals surface area contributed by atoms with Crippen LogP contribution in [0.15, 0.2) is 24.3 Å². The second-order valence-corrected chi connectivity index (χ2v) is 6.14. The lowest BCUT2D eigenvalue weighted by Gasteiger charge is -2.39. The summed E-state index contributed by atoms with van der Waals surface area (Å²) in [4.78, 5) is 4.82. The summed E-state index contributed by atoms with van der Waals surface area (Å²) in [6.07, 6.45) is 3.17. The van der Waals surface area contributed by atoms with Crippen molar-refractivity contribution in [2.24, 2.45) is 0 Å². The molecule has 1 N–H and O–H groups in total. The van der Waals surface area contributed by atoms with Gasteiger partial charge in [0.25, 0.3) is 0 Å². The summed E-state index contributed by atoms with van der Waals surface area (Å²) >= 11 is 0. The van der Waals surface area contributed by atoms with E-state index in [1.165, 1.54) is 24.9 Å². The summed E-state index contributed by atoms with van der Waals surface area (Å²) in [6.45, 7) is 2.33. The van der Waals surface area contributed by atoms with Gasteiger partial charge in [0.15, 0.2) is 0 Å². The fourth-order valence-corrected chi connectivity index (χ4v) is 3.66. The van der Waals surface area contributed by atoms with Gasteiger partial charge in [-0.05, 0) is 51.0 Å². The van der Waals surface area contributed by atoms with Crippen LogP contribution in [0.3, 0.4) is 0 Å². The molecule has 0 radical (unpaired) electrons. The maximum absolute atomic E-state index is 10.6. The van der Waals surface area contributed by atoms with Crippen molar-refractivity contribution < 1.29 is 5.11 Å². The summed E-state index contributed by atoms with van der Waals surface area (Å²) in [7, 11) is 4.38. The smallest absolute Gasteiger partial charge is 0.0951 e. The van der Waals surface area contributed by atoms with Gasteiger partial charge in [-0.1, -0.05) is 24.3 Å².